The molecule has 0 aromatic carbocycles. The Morgan fingerprint density at radius 2 is 1.19 bits per heavy atom. The SMILES string of the molecule is CCCCOC[C@H]1O[C@H](OC(C)=O)[C@H](OCCCC)[C@@H](OCCCC)[C@@H]1OCCCC. The first-order valence-corrected chi connectivity index (χ1v) is 12.3. The fourth-order valence-electron chi connectivity index (χ4n) is 3.38. The van der Waals surface area contributed by atoms with E-state index in [2.05, 4.69) is 27.7 Å². The molecule has 1 saturated heterocycles. The Balaban J connectivity index is 3.06. The smallest absolute Gasteiger partial charge is 0.305 e. The molecule has 0 unspecified atom stereocenters. The van der Waals surface area contributed by atoms with E-state index in [-0.39, 0.29) is 6.10 Å². The Labute approximate surface area is 189 Å². The summed E-state index contributed by atoms with van der Waals surface area (Å²) in [6.45, 7) is 12.7. The maximum atomic E-state index is 11.8. The average molecular weight is 447 g/mol. The summed E-state index contributed by atoms with van der Waals surface area (Å²) >= 11 is 0. The Morgan fingerprint density at radius 3 is 1.71 bits per heavy atom. The molecule has 0 N–H and O–H groups in total. The van der Waals surface area contributed by atoms with Gasteiger partial charge in [-0.15, -0.1) is 0 Å². The third-order valence-electron chi connectivity index (χ3n) is 5.22. The highest BCUT2D eigenvalue weighted by Crippen LogP contribution is 2.30. The van der Waals surface area contributed by atoms with Crippen molar-refractivity contribution >= 4 is 5.97 Å². The van der Waals surface area contributed by atoms with Crippen molar-refractivity contribution in [2.24, 2.45) is 0 Å². The van der Waals surface area contributed by atoms with E-state index in [0.717, 1.165) is 51.4 Å². The third-order valence-corrected chi connectivity index (χ3v) is 5.22. The van der Waals surface area contributed by atoms with Gasteiger partial charge in [-0.25, -0.2) is 0 Å². The number of unbranched alkanes of at least 4 members (excludes halogenated alkanes) is 4. The van der Waals surface area contributed by atoms with E-state index in [4.69, 9.17) is 28.4 Å². The van der Waals surface area contributed by atoms with Gasteiger partial charge in [-0.05, 0) is 25.7 Å². The molecule has 0 aromatic rings. The fraction of sp³-hybridized carbons (Fsp3) is 0.958. The van der Waals surface area contributed by atoms with Gasteiger partial charge in [-0.1, -0.05) is 53.4 Å². The Kier molecular flexibility index (Phi) is 16.2. The second-order valence-electron chi connectivity index (χ2n) is 8.15. The molecule has 1 aliphatic heterocycles. The zero-order valence-corrected chi connectivity index (χ0v) is 20.4. The van der Waals surface area contributed by atoms with Crippen LogP contribution in [0.2, 0.25) is 0 Å². The molecule has 1 heterocycles. The van der Waals surface area contributed by atoms with Gasteiger partial charge in [0.25, 0.3) is 0 Å². The van der Waals surface area contributed by atoms with Crippen LogP contribution in [0.4, 0.5) is 0 Å². The molecule has 0 aliphatic carbocycles. The van der Waals surface area contributed by atoms with Crippen molar-refractivity contribution in [2.75, 3.05) is 33.0 Å². The molecular weight excluding hydrogens is 400 g/mol. The lowest BCUT2D eigenvalue weighted by Crippen LogP contribution is -2.62. The number of rotatable bonds is 18. The molecule has 0 bridgehead atoms. The summed E-state index contributed by atoms with van der Waals surface area (Å²) in [6.07, 6.45) is 5.44. The first kappa shape index (κ1) is 28.3. The van der Waals surface area contributed by atoms with Gasteiger partial charge in [0.15, 0.2) is 0 Å². The van der Waals surface area contributed by atoms with Crippen LogP contribution in [0.25, 0.3) is 0 Å². The lowest BCUT2D eigenvalue weighted by Gasteiger charge is -2.45. The molecule has 31 heavy (non-hydrogen) atoms. The van der Waals surface area contributed by atoms with Crippen molar-refractivity contribution in [3.63, 3.8) is 0 Å². The highest BCUT2D eigenvalue weighted by Gasteiger charge is 2.49. The summed E-state index contributed by atoms with van der Waals surface area (Å²) in [7, 11) is 0. The van der Waals surface area contributed by atoms with E-state index in [9.17, 15) is 4.79 Å². The lowest BCUT2D eigenvalue weighted by molar-refractivity contribution is -0.315. The molecule has 0 radical (unpaired) electrons. The van der Waals surface area contributed by atoms with Crippen LogP contribution < -0.4 is 0 Å². The van der Waals surface area contributed by atoms with E-state index >= 15 is 0 Å². The van der Waals surface area contributed by atoms with Crippen molar-refractivity contribution in [1.82, 2.24) is 0 Å². The predicted octanol–water partition coefficient (Wildman–Crippen LogP) is 4.65. The predicted molar refractivity (Wildman–Crippen MR) is 120 cm³/mol. The summed E-state index contributed by atoms with van der Waals surface area (Å²) < 4.78 is 36.3. The van der Waals surface area contributed by atoms with E-state index in [1.165, 1.54) is 6.92 Å². The molecule has 7 nitrogen and oxygen atoms in total. The lowest BCUT2D eigenvalue weighted by atomic mass is 9.98. The number of hydrogen-bond acceptors (Lipinski definition) is 7. The minimum absolute atomic E-state index is 0.344. The highest BCUT2D eigenvalue weighted by molar-refractivity contribution is 5.66. The van der Waals surface area contributed by atoms with Gasteiger partial charge >= 0.3 is 5.97 Å². The van der Waals surface area contributed by atoms with Crippen molar-refractivity contribution in [3.05, 3.63) is 0 Å². The van der Waals surface area contributed by atoms with E-state index in [1.54, 1.807) is 0 Å². The quantitative estimate of drug-likeness (QED) is 0.224. The molecule has 0 aromatic heterocycles. The zero-order chi connectivity index (χ0) is 22.9. The van der Waals surface area contributed by atoms with Crippen LogP contribution in [-0.2, 0) is 33.2 Å². The zero-order valence-electron chi connectivity index (χ0n) is 20.4. The first-order chi connectivity index (χ1) is 15.1. The van der Waals surface area contributed by atoms with Gasteiger partial charge in [-0.3, -0.25) is 4.79 Å². The first-order valence-electron chi connectivity index (χ1n) is 12.3. The summed E-state index contributed by atoms with van der Waals surface area (Å²) in [5, 5.41) is 0. The molecular formula is C24H46O7. The van der Waals surface area contributed by atoms with Crippen molar-refractivity contribution in [1.29, 1.82) is 0 Å². The van der Waals surface area contributed by atoms with Crippen LogP contribution in [0.1, 0.15) is 86.0 Å². The monoisotopic (exact) mass is 446 g/mol. The van der Waals surface area contributed by atoms with Gasteiger partial charge in [0.1, 0.15) is 24.4 Å². The van der Waals surface area contributed by atoms with Crippen LogP contribution >= 0.6 is 0 Å². The Bertz CT molecular complexity index is 446. The number of carbonyl (C=O) groups is 1. The summed E-state index contributed by atoms with van der Waals surface area (Å²) in [5.41, 5.74) is 0. The fourth-order valence-corrected chi connectivity index (χ4v) is 3.38. The minimum atomic E-state index is -0.841. The largest absolute Gasteiger partial charge is 0.433 e. The summed E-state index contributed by atoms with van der Waals surface area (Å²) in [4.78, 5) is 11.8. The van der Waals surface area contributed by atoms with Gasteiger partial charge in [0, 0.05) is 33.4 Å². The number of esters is 1. The van der Waals surface area contributed by atoms with E-state index in [0.29, 0.717) is 33.0 Å². The average Bonchev–Trinajstić information content (AvgIpc) is 2.74. The topological polar surface area (TPSA) is 72.5 Å². The molecule has 184 valence electrons. The van der Waals surface area contributed by atoms with Crippen LogP contribution in [0, 0.1) is 0 Å². The third kappa shape index (κ3) is 11.1. The second-order valence-corrected chi connectivity index (χ2v) is 8.15. The molecule has 0 saturated carbocycles. The van der Waals surface area contributed by atoms with Gasteiger partial charge in [-0.2, -0.15) is 0 Å². The van der Waals surface area contributed by atoms with Crippen LogP contribution in [0.5, 0.6) is 0 Å². The summed E-state index contributed by atoms with van der Waals surface area (Å²) in [5.74, 6) is -0.405. The normalized spacial score (nSPS) is 26.2. The van der Waals surface area contributed by atoms with Gasteiger partial charge < -0.3 is 28.4 Å². The van der Waals surface area contributed by atoms with Gasteiger partial charge in [0.05, 0.1) is 6.61 Å². The van der Waals surface area contributed by atoms with Gasteiger partial charge in [0.2, 0.25) is 6.29 Å². The molecule has 1 aliphatic rings. The van der Waals surface area contributed by atoms with E-state index in [1.807, 2.05) is 0 Å². The van der Waals surface area contributed by atoms with Crippen LogP contribution in [0.15, 0.2) is 0 Å². The molecule has 7 heteroatoms. The van der Waals surface area contributed by atoms with Crippen molar-refractivity contribution in [2.45, 2.75) is 117 Å². The molecule has 1 rings (SSSR count). The van der Waals surface area contributed by atoms with Crippen molar-refractivity contribution < 1.29 is 33.2 Å². The number of hydrogen-bond donors (Lipinski definition) is 0. The molecule has 0 amide bonds. The number of carbonyl (C=O) groups excluding carboxylic acids is 1. The highest BCUT2D eigenvalue weighted by atomic mass is 16.7. The van der Waals surface area contributed by atoms with Crippen molar-refractivity contribution in [3.8, 4) is 0 Å². The van der Waals surface area contributed by atoms with Crippen LogP contribution in [-0.4, -0.2) is 69.7 Å². The molecule has 0 spiro atoms. The molecule has 5 atom stereocenters. The summed E-state index contributed by atoms with van der Waals surface area (Å²) in [6, 6.07) is 0. The maximum Gasteiger partial charge on any atom is 0.305 e. The Morgan fingerprint density at radius 1 is 0.710 bits per heavy atom. The maximum absolute atomic E-state index is 11.8. The van der Waals surface area contributed by atoms with E-state index < -0.39 is 30.6 Å². The standard InChI is InChI=1S/C24H46O7/c1-6-10-14-26-18-20-21(27-15-11-7-2)22(28-16-12-8-3)23(29-17-13-9-4)24(31-20)30-19(5)25/h20-24H,6-18H2,1-5H3/t20-,21-,22+,23-,24+/m1/s1. The second kappa shape index (κ2) is 17.8. The molecule has 1 fully saturated rings. The Hall–Kier alpha value is -0.730. The number of ether oxygens (including phenoxy) is 6. The minimum Gasteiger partial charge on any atom is -0.433 e. The van der Waals surface area contributed by atoms with Crippen LogP contribution in [0.3, 0.4) is 0 Å².